The maximum Gasteiger partial charge on any atom is 0.0996 e. The Morgan fingerprint density at radius 3 is 2.57 bits per heavy atom. The highest BCUT2D eigenvalue weighted by atomic mass is 79.9. The van der Waals surface area contributed by atoms with Gasteiger partial charge in [0, 0.05) is 16.4 Å². The van der Waals surface area contributed by atoms with Crippen molar-refractivity contribution in [1.82, 2.24) is 9.55 Å². The molecule has 0 radical (unpaired) electrons. The van der Waals surface area contributed by atoms with Crippen LogP contribution in [-0.4, -0.2) is 14.7 Å². The van der Waals surface area contributed by atoms with E-state index >= 15 is 0 Å². The van der Waals surface area contributed by atoms with Crippen molar-refractivity contribution in [1.29, 1.82) is 0 Å². The third kappa shape index (κ3) is 1.86. The van der Waals surface area contributed by atoms with Crippen molar-refractivity contribution in [3.63, 3.8) is 0 Å². The Hall–Kier alpha value is -1.13. The largest absolute Gasteiger partial charge is 0.390 e. The Kier molecular flexibility index (Phi) is 2.65. The molecule has 3 nitrogen and oxygen atoms in total. The van der Waals surface area contributed by atoms with Crippen LogP contribution in [0.4, 0.5) is 0 Å². The van der Waals surface area contributed by atoms with Gasteiger partial charge in [-0.2, -0.15) is 0 Å². The molecule has 72 valence electrons. The number of hydrogen-bond acceptors (Lipinski definition) is 2. The third-order valence-electron chi connectivity index (χ3n) is 1.92. The fraction of sp³-hybridized carbons (Fsp3) is 0.100. The number of imidazole rings is 1. The molecule has 1 aromatic heterocycles. The minimum atomic E-state index is -0.0243. The van der Waals surface area contributed by atoms with E-state index in [1.54, 1.807) is 6.33 Å². The van der Waals surface area contributed by atoms with Crippen LogP contribution in [0.15, 0.2) is 41.3 Å². The van der Waals surface area contributed by atoms with Crippen LogP contribution in [0.3, 0.4) is 0 Å². The molecule has 0 saturated heterocycles. The van der Waals surface area contributed by atoms with Crippen molar-refractivity contribution in [3.05, 3.63) is 47.0 Å². The monoisotopic (exact) mass is 252 g/mol. The molecule has 14 heavy (non-hydrogen) atoms. The molecule has 0 aliphatic carbocycles. The highest BCUT2D eigenvalue weighted by Crippen LogP contribution is 2.14. The van der Waals surface area contributed by atoms with Crippen molar-refractivity contribution in [3.8, 4) is 5.69 Å². The van der Waals surface area contributed by atoms with Crippen LogP contribution in [0.25, 0.3) is 5.69 Å². The van der Waals surface area contributed by atoms with Crippen LogP contribution in [0.5, 0.6) is 0 Å². The summed E-state index contributed by atoms with van der Waals surface area (Å²) in [5.74, 6) is 0. The number of rotatable bonds is 2. The van der Waals surface area contributed by atoms with Gasteiger partial charge in [0.15, 0.2) is 0 Å². The molecule has 0 aliphatic heterocycles. The molecule has 0 spiro atoms. The molecule has 0 atom stereocenters. The summed E-state index contributed by atoms with van der Waals surface area (Å²) in [6.45, 7) is -0.0243. The first-order valence-corrected chi connectivity index (χ1v) is 4.98. The van der Waals surface area contributed by atoms with E-state index in [1.807, 2.05) is 35.0 Å². The van der Waals surface area contributed by atoms with E-state index in [0.29, 0.717) is 5.69 Å². The summed E-state index contributed by atoms with van der Waals surface area (Å²) in [6.07, 6.45) is 3.50. The summed E-state index contributed by atoms with van der Waals surface area (Å²) in [5.41, 5.74) is 1.70. The van der Waals surface area contributed by atoms with Crippen LogP contribution in [-0.2, 0) is 6.61 Å². The lowest BCUT2D eigenvalue weighted by atomic mass is 10.3. The molecule has 4 heteroatoms. The fourth-order valence-electron chi connectivity index (χ4n) is 1.20. The molecular formula is C10H9BrN2O. The Balaban J connectivity index is 2.34. The number of aliphatic hydroxyl groups is 1. The van der Waals surface area contributed by atoms with E-state index in [0.717, 1.165) is 10.2 Å². The van der Waals surface area contributed by atoms with E-state index in [1.165, 1.54) is 0 Å². The van der Waals surface area contributed by atoms with Gasteiger partial charge in [-0.1, -0.05) is 15.9 Å². The second-order valence-electron chi connectivity index (χ2n) is 2.91. The van der Waals surface area contributed by atoms with Crippen molar-refractivity contribution >= 4 is 15.9 Å². The van der Waals surface area contributed by atoms with Gasteiger partial charge in [-0.15, -0.1) is 0 Å². The second-order valence-corrected chi connectivity index (χ2v) is 3.82. The quantitative estimate of drug-likeness (QED) is 0.890. The number of aliphatic hydroxyl groups excluding tert-OH is 1. The predicted octanol–water partition coefficient (Wildman–Crippen LogP) is 2.13. The van der Waals surface area contributed by atoms with Gasteiger partial charge in [0.05, 0.1) is 18.6 Å². The van der Waals surface area contributed by atoms with Crippen LogP contribution < -0.4 is 0 Å². The van der Waals surface area contributed by atoms with E-state index in [2.05, 4.69) is 20.9 Å². The van der Waals surface area contributed by atoms with Gasteiger partial charge in [0.2, 0.25) is 0 Å². The Morgan fingerprint density at radius 1 is 1.29 bits per heavy atom. The van der Waals surface area contributed by atoms with Gasteiger partial charge in [0.25, 0.3) is 0 Å². The summed E-state index contributed by atoms with van der Waals surface area (Å²) in [6, 6.07) is 7.89. The first kappa shape index (κ1) is 9.43. The van der Waals surface area contributed by atoms with Crippen LogP contribution >= 0.6 is 15.9 Å². The molecule has 1 aromatic carbocycles. The van der Waals surface area contributed by atoms with Gasteiger partial charge in [-0.05, 0) is 24.3 Å². The highest BCUT2D eigenvalue weighted by molar-refractivity contribution is 9.10. The Morgan fingerprint density at radius 2 is 2.00 bits per heavy atom. The summed E-state index contributed by atoms with van der Waals surface area (Å²) >= 11 is 3.37. The number of aromatic nitrogens is 2. The molecule has 1 heterocycles. The highest BCUT2D eigenvalue weighted by Gasteiger charge is 1.98. The maximum atomic E-state index is 8.86. The smallest absolute Gasteiger partial charge is 0.0996 e. The average molecular weight is 253 g/mol. The number of halogens is 1. The molecule has 0 aliphatic rings. The van der Waals surface area contributed by atoms with Gasteiger partial charge >= 0.3 is 0 Å². The molecule has 2 rings (SSSR count). The summed E-state index contributed by atoms with van der Waals surface area (Å²) in [5, 5.41) is 8.86. The molecule has 0 unspecified atom stereocenters. The lowest BCUT2D eigenvalue weighted by Gasteiger charge is -2.00. The molecule has 1 N–H and O–H groups in total. The molecule has 0 amide bonds. The standard InChI is InChI=1S/C10H9BrN2O/c11-8-1-3-10(4-2-8)13-5-9(6-14)12-7-13/h1-5,7,14H,6H2. The zero-order chi connectivity index (χ0) is 9.97. The van der Waals surface area contributed by atoms with Crippen molar-refractivity contribution < 1.29 is 5.11 Å². The minimum absolute atomic E-state index is 0.0243. The second kappa shape index (κ2) is 3.94. The van der Waals surface area contributed by atoms with Crippen LogP contribution in [0, 0.1) is 0 Å². The number of hydrogen-bond donors (Lipinski definition) is 1. The first-order valence-electron chi connectivity index (χ1n) is 4.19. The SMILES string of the molecule is OCc1cn(-c2ccc(Br)cc2)cn1. The number of benzene rings is 1. The van der Waals surface area contributed by atoms with E-state index in [9.17, 15) is 0 Å². The zero-order valence-corrected chi connectivity index (χ0v) is 8.98. The summed E-state index contributed by atoms with van der Waals surface area (Å²) in [7, 11) is 0. The fourth-order valence-corrected chi connectivity index (χ4v) is 1.46. The maximum absolute atomic E-state index is 8.86. The third-order valence-corrected chi connectivity index (χ3v) is 2.45. The van der Waals surface area contributed by atoms with Crippen molar-refractivity contribution in [2.24, 2.45) is 0 Å². The Bertz CT molecular complexity index is 422. The molecule has 0 saturated carbocycles. The normalized spacial score (nSPS) is 10.4. The Labute approximate surface area is 90.2 Å². The molecule has 0 fully saturated rings. The summed E-state index contributed by atoms with van der Waals surface area (Å²) < 4.78 is 2.92. The number of nitrogens with zero attached hydrogens (tertiary/aromatic N) is 2. The zero-order valence-electron chi connectivity index (χ0n) is 7.39. The predicted molar refractivity (Wildman–Crippen MR) is 57.2 cm³/mol. The van der Waals surface area contributed by atoms with E-state index in [-0.39, 0.29) is 6.61 Å². The minimum Gasteiger partial charge on any atom is -0.390 e. The van der Waals surface area contributed by atoms with E-state index < -0.39 is 0 Å². The molecule has 2 aromatic rings. The van der Waals surface area contributed by atoms with Gasteiger partial charge in [-0.3, -0.25) is 0 Å². The van der Waals surface area contributed by atoms with Crippen LogP contribution in [0.2, 0.25) is 0 Å². The van der Waals surface area contributed by atoms with Gasteiger partial charge in [0.1, 0.15) is 0 Å². The first-order chi connectivity index (χ1) is 6.79. The van der Waals surface area contributed by atoms with Crippen LogP contribution in [0.1, 0.15) is 5.69 Å². The van der Waals surface area contributed by atoms with Crippen molar-refractivity contribution in [2.75, 3.05) is 0 Å². The molecular weight excluding hydrogens is 244 g/mol. The van der Waals surface area contributed by atoms with Gasteiger partial charge in [-0.25, -0.2) is 4.98 Å². The van der Waals surface area contributed by atoms with Gasteiger partial charge < -0.3 is 9.67 Å². The summed E-state index contributed by atoms with van der Waals surface area (Å²) in [4.78, 5) is 4.03. The lowest BCUT2D eigenvalue weighted by molar-refractivity contribution is 0.277. The van der Waals surface area contributed by atoms with E-state index in [4.69, 9.17) is 5.11 Å². The lowest BCUT2D eigenvalue weighted by Crippen LogP contribution is -1.88. The van der Waals surface area contributed by atoms with Crippen molar-refractivity contribution in [2.45, 2.75) is 6.61 Å². The average Bonchev–Trinajstić information content (AvgIpc) is 2.67. The molecule has 0 bridgehead atoms. The topological polar surface area (TPSA) is 38.0 Å².